The summed E-state index contributed by atoms with van der Waals surface area (Å²) in [6.45, 7) is -1.48. The highest BCUT2D eigenvalue weighted by atomic mass is 31.3. The Labute approximate surface area is 339 Å². The Bertz CT molecular complexity index is 2290. The van der Waals surface area contributed by atoms with Crippen LogP contribution in [0.3, 0.4) is 0 Å². The Morgan fingerprint density at radius 2 is 0.845 bits per heavy atom. The minimum Gasteiger partial charge on any atom is -0.453 e. The van der Waals surface area contributed by atoms with Gasteiger partial charge in [0.15, 0.2) is 23.0 Å². The Kier molecular flexibility index (Phi) is 14.4. The van der Waals surface area contributed by atoms with Gasteiger partial charge in [-0.25, -0.2) is 4.86 Å². The Morgan fingerprint density at radius 1 is 0.431 bits per heavy atom. The smallest absolute Gasteiger partial charge is 0.332 e. The first-order valence-corrected chi connectivity index (χ1v) is 21.2. The highest BCUT2D eigenvalue weighted by Gasteiger charge is 2.47. The molecule has 300 valence electrons. The van der Waals surface area contributed by atoms with Crippen LogP contribution >= 0.6 is 25.8 Å². The fourth-order valence-corrected chi connectivity index (χ4v) is 11.1. The number of hydrogen-bond acceptors (Lipinski definition) is 14. The molecule has 3 atom stereocenters. The van der Waals surface area contributed by atoms with Gasteiger partial charge in [-0.2, -0.15) is 0 Å². The van der Waals surface area contributed by atoms with E-state index in [0.717, 1.165) is 0 Å². The molecule has 58 heavy (non-hydrogen) atoms. The van der Waals surface area contributed by atoms with Crippen LogP contribution in [0.2, 0.25) is 0 Å². The highest BCUT2D eigenvalue weighted by Crippen LogP contribution is 2.67. The molecule has 1 aliphatic rings. The van der Waals surface area contributed by atoms with Crippen LogP contribution in [0.5, 0.6) is 46.0 Å². The minimum absolute atomic E-state index is 0.158. The Morgan fingerprint density at radius 3 is 1.40 bits per heavy atom. The monoisotopic (exact) mass is 843 g/mol. The van der Waals surface area contributed by atoms with Gasteiger partial charge in [-0.05, 0) is 47.1 Å². The maximum Gasteiger partial charge on any atom is 0.332 e. The molecule has 6 N–H and O–H groups in total. The lowest BCUT2D eigenvalue weighted by molar-refractivity contribution is 0.0640. The van der Waals surface area contributed by atoms with Gasteiger partial charge in [0.1, 0.15) is 17.2 Å². The molecule has 6 aromatic carbocycles. The topological polar surface area (TPSA) is 175 Å². The largest absolute Gasteiger partial charge is 0.453 e. The maximum atomic E-state index is 10.3. The molecule has 7 rings (SSSR count). The fourth-order valence-electron chi connectivity index (χ4n) is 5.55. The van der Waals surface area contributed by atoms with E-state index < -0.39 is 16.9 Å². The van der Waals surface area contributed by atoms with Crippen molar-refractivity contribution in [2.24, 2.45) is 0 Å². The van der Waals surface area contributed by atoms with Crippen molar-refractivity contribution < 1.29 is 53.7 Å². The number of nitrogens with one attached hydrogen (secondary N) is 1. The zero-order valence-electron chi connectivity index (χ0n) is 30.8. The van der Waals surface area contributed by atoms with Crippen molar-refractivity contribution in [3.63, 3.8) is 0 Å². The summed E-state index contributed by atoms with van der Waals surface area (Å²) in [5.41, 5.74) is 2.59. The number of aliphatic hydroxyl groups is 5. The molecule has 3 unspecified atom stereocenters. The van der Waals surface area contributed by atoms with E-state index in [1.165, 1.54) is 4.60 Å². The lowest BCUT2D eigenvalue weighted by Crippen LogP contribution is -2.37. The van der Waals surface area contributed by atoms with Crippen LogP contribution in [0.25, 0.3) is 0 Å². The van der Waals surface area contributed by atoms with Crippen LogP contribution in [0.4, 0.5) is 0 Å². The van der Waals surface area contributed by atoms with Gasteiger partial charge in [-0.3, -0.25) is 0 Å². The molecular formula is C41H40N3O11P3. The van der Waals surface area contributed by atoms with Crippen LogP contribution in [0, 0.1) is 0 Å². The third-order valence-electron chi connectivity index (χ3n) is 8.52. The lowest BCUT2D eigenvalue weighted by Gasteiger charge is -2.42. The van der Waals surface area contributed by atoms with E-state index in [1.807, 2.05) is 0 Å². The van der Waals surface area contributed by atoms with Gasteiger partial charge in [0.25, 0.3) is 8.45 Å². The molecule has 1 aliphatic heterocycles. The third kappa shape index (κ3) is 9.68. The molecule has 1 saturated heterocycles. The van der Waals surface area contributed by atoms with Crippen LogP contribution < -0.4 is 33.1 Å². The number of rotatable bonds is 17. The van der Waals surface area contributed by atoms with E-state index in [1.54, 1.807) is 144 Å². The first-order valence-electron chi connectivity index (χ1n) is 17.9. The predicted molar refractivity (Wildman–Crippen MR) is 220 cm³/mol. The van der Waals surface area contributed by atoms with Gasteiger partial charge in [0, 0.05) is 32.4 Å². The number of hydrogen-bond donors (Lipinski definition) is 6. The van der Waals surface area contributed by atoms with Gasteiger partial charge in [-0.15, -0.1) is 0 Å². The van der Waals surface area contributed by atoms with Gasteiger partial charge in [0.2, 0.25) is 5.75 Å². The first-order chi connectivity index (χ1) is 28.5. The van der Waals surface area contributed by atoms with E-state index in [4.69, 9.17) is 28.2 Å². The number of benzene rings is 6. The summed E-state index contributed by atoms with van der Waals surface area (Å²) in [6.07, 6.45) is 0. The molecule has 0 spiro atoms. The first kappa shape index (κ1) is 41.3. The summed E-state index contributed by atoms with van der Waals surface area (Å²) in [6, 6.07) is 40.2. The molecule has 1 fully saturated rings. The van der Waals surface area contributed by atoms with Crippen molar-refractivity contribution in [3.8, 4) is 46.0 Å². The van der Waals surface area contributed by atoms with Crippen molar-refractivity contribution >= 4 is 25.8 Å². The highest BCUT2D eigenvalue weighted by molar-refractivity contribution is 7.74. The molecule has 0 radical (unpaired) electrons. The van der Waals surface area contributed by atoms with E-state index >= 15 is 0 Å². The second-order valence-electron chi connectivity index (χ2n) is 12.3. The summed E-state index contributed by atoms with van der Waals surface area (Å²) in [5, 5.41) is 51.0. The molecule has 6 aromatic rings. The Balaban J connectivity index is 1.33. The molecular weight excluding hydrogens is 803 g/mol. The minimum atomic E-state index is -2.17. The number of nitrogens with zero attached hydrogens (tertiary/aromatic N) is 2. The van der Waals surface area contributed by atoms with Crippen LogP contribution in [-0.4, -0.2) is 34.7 Å². The van der Waals surface area contributed by atoms with E-state index in [9.17, 15) is 25.5 Å². The van der Waals surface area contributed by atoms with E-state index in [2.05, 4.69) is 4.86 Å². The van der Waals surface area contributed by atoms with Crippen molar-refractivity contribution in [1.29, 1.82) is 0 Å². The average Bonchev–Trinajstić information content (AvgIpc) is 3.27. The van der Waals surface area contributed by atoms with Crippen molar-refractivity contribution in [3.05, 3.63) is 167 Å². The maximum absolute atomic E-state index is 10.3. The SMILES string of the molecule is OCc1ccccc1Oc1cccc(OP2NPN(Oc3ccccc3CO)P(Oc3ccccc3CO)N2Oc2ccccc2CO)c1Oc1ccccc1CO. The molecule has 1 heterocycles. The van der Waals surface area contributed by atoms with Crippen molar-refractivity contribution in [1.82, 2.24) is 14.1 Å². The summed E-state index contributed by atoms with van der Waals surface area (Å²) in [7, 11) is -4.54. The number of ether oxygens (including phenoxy) is 2. The lowest BCUT2D eigenvalue weighted by atomic mass is 10.2. The van der Waals surface area contributed by atoms with Crippen molar-refractivity contribution in [2.45, 2.75) is 33.0 Å². The second kappa shape index (κ2) is 20.2. The van der Waals surface area contributed by atoms with Gasteiger partial charge < -0.3 is 53.7 Å². The third-order valence-corrected chi connectivity index (χ3v) is 13.6. The molecule has 17 heteroatoms. The fraction of sp³-hybridized carbons (Fsp3) is 0.122. The van der Waals surface area contributed by atoms with Gasteiger partial charge in [-0.1, -0.05) is 97.1 Å². The molecule has 0 amide bonds. The van der Waals surface area contributed by atoms with Crippen LogP contribution in [0.15, 0.2) is 140 Å². The standard InChI is InChI=1S/C41H40N3O11P3/c45-24-29-12-1-6-17-34(29)50-39-22-11-23-40(41(39)51-35-18-7-2-13-30(35)25-46)54-57-42-56-43(52-36-19-8-3-14-31(36)26-47)58(55-38-21-10-5-16-33(38)28-49)44(57)53-37-20-9-4-15-32(37)27-48/h1-23,42,45-49,56H,24-28H2. The quantitative estimate of drug-likeness (QED) is 0.0484. The summed E-state index contributed by atoms with van der Waals surface area (Å²) in [4.78, 5) is 16.5. The Hall–Kier alpha value is -4.91. The molecule has 0 bridgehead atoms. The van der Waals surface area contributed by atoms with E-state index in [0.29, 0.717) is 56.6 Å². The molecule has 0 saturated carbocycles. The van der Waals surface area contributed by atoms with Crippen LogP contribution in [0.1, 0.15) is 27.8 Å². The van der Waals surface area contributed by atoms with E-state index in [-0.39, 0.29) is 59.2 Å². The van der Waals surface area contributed by atoms with Crippen LogP contribution in [-0.2, 0) is 33.0 Å². The molecule has 0 aliphatic carbocycles. The average molecular weight is 844 g/mol. The summed E-state index contributed by atoms with van der Waals surface area (Å²) in [5.74, 6) is 2.41. The molecule has 14 nitrogen and oxygen atoms in total. The number of aliphatic hydroxyl groups excluding tert-OH is 5. The second-order valence-corrected chi connectivity index (χ2v) is 17.0. The molecule has 0 aromatic heterocycles. The normalized spacial score (nSPS) is 16.2. The zero-order chi connectivity index (χ0) is 40.3. The van der Waals surface area contributed by atoms with Crippen molar-refractivity contribution in [2.75, 3.05) is 0 Å². The number of para-hydroxylation sites is 6. The van der Waals surface area contributed by atoms with Gasteiger partial charge in [0.05, 0.1) is 41.9 Å². The zero-order valence-corrected chi connectivity index (χ0v) is 33.6. The predicted octanol–water partition coefficient (Wildman–Crippen LogP) is 8.35. The van der Waals surface area contributed by atoms with Gasteiger partial charge >= 0.3 is 8.45 Å². The summed E-state index contributed by atoms with van der Waals surface area (Å²) < 4.78 is 29.5. The summed E-state index contributed by atoms with van der Waals surface area (Å²) >= 11 is 0.